The summed E-state index contributed by atoms with van der Waals surface area (Å²) in [6.07, 6.45) is 1.64. The van der Waals surface area contributed by atoms with E-state index >= 15 is 0 Å². The molecule has 0 spiro atoms. The second-order valence-electron chi connectivity index (χ2n) is 4.66. The fourth-order valence-corrected chi connectivity index (χ4v) is 2.50. The lowest BCUT2D eigenvalue weighted by Gasteiger charge is -2.10. The van der Waals surface area contributed by atoms with E-state index < -0.39 is 0 Å². The highest BCUT2D eigenvalue weighted by molar-refractivity contribution is 6.31. The van der Waals surface area contributed by atoms with Crippen LogP contribution in [0, 0.1) is 0 Å². The lowest BCUT2D eigenvalue weighted by molar-refractivity contribution is 0.101. The molecule has 0 radical (unpaired) electrons. The van der Waals surface area contributed by atoms with E-state index in [1.165, 1.54) is 0 Å². The van der Waals surface area contributed by atoms with Crippen molar-refractivity contribution in [3.05, 3.63) is 58.3 Å². The van der Waals surface area contributed by atoms with Crippen molar-refractivity contribution in [2.45, 2.75) is 0 Å². The van der Waals surface area contributed by atoms with Crippen LogP contribution in [0.3, 0.4) is 0 Å². The summed E-state index contributed by atoms with van der Waals surface area (Å²) in [6.45, 7) is 0. The number of carbonyl (C=O) groups excluding carboxylic acids is 1. The molecule has 0 aromatic heterocycles. The predicted molar refractivity (Wildman–Crippen MR) is 83.9 cm³/mol. The molecule has 0 saturated carbocycles. The van der Waals surface area contributed by atoms with Gasteiger partial charge in [-0.3, -0.25) is 4.79 Å². The molecule has 0 aliphatic carbocycles. The zero-order valence-electron chi connectivity index (χ0n) is 12.1. The summed E-state index contributed by atoms with van der Waals surface area (Å²) in [4.78, 5) is 12.4. The topological polar surface area (TPSA) is 44.8 Å². The van der Waals surface area contributed by atoms with Gasteiger partial charge in [0.25, 0.3) is 0 Å². The SMILES string of the molecule is COc1cccc(/C=C2\Oc3ccc(Cl)cc3C2=O)c1OC. The minimum Gasteiger partial charge on any atom is -0.493 e. The zero-order valence-corrected chi connectivity index (χ0v) is 12.8. The molecule has 5 heteroatoms. The summed E-state index contributed by atoms with van der Waals surface area (Å²) >= 11 is 5.92. The van der Waals surface area contributed by atoms with Crippen molar-refractivity contribution >= 4 is 23.5 Å². The molecule has 0 amide bonds. The quantitative estimate of drug-likeness (QED) is 0.804. The van der Waals surface area contributed by atoms with Crippen molar-refractivity contribution in [2.24, 2.45) is 0 Å². The largest absolute Gasteiger partial charge is 0.493 e. The maximum atomic E-state index is 12.4. The van der Waals surface area contributed by atoms with Crippen molar-refractivity contribution in [1.29, 1.82) is 0 Å². The molecule has 112 valence electrons. The maximum Gasteiger partial charge on any atom is 0.232 e. The average molecular weight is 317 g/mol. The first kappa shape index (κ1) is 14.5. The first-order chi connectivity index (χ1) is 10.6. The van der Waals surface area contributed by atoms with Crippen LogP contribution < -0.4 is 14.2 Å². The molecule has 1 aliphatic rings. The number of halogens is 1. The Hall–Kier alpha value is -2.46. The fourth-order valence-electron chi connectivity index (χ4n) is 2.33. The van der Waals surface area contributed by atoms with E-state index in [1.807, 2.05) is 12.1 Å². The Kier molecular flexibility index (Phi) is 3.77. The molecule has 22 heavy (non-hydrogen) atoms. The van der Waals surface area contributed by atoms with Gasteiger partial charge < -0.3 is 14.2 Å². The molecule has 1 heterocycles. The van der Waals surface area contributed by atoms with Crippen LogP contribution in [0.4, 0.5) is 0 Å². The molecule has 0 atom stereocenters. The van der Waals surface area contributed by atoms with Crippen molar-refractivity contribution in [1.82, 2.24) is 0 Å². The molecule has 0 saturated heterocycles. The molecule has 2 aromatic carbocycles. The van der Waals surface area contributed by atoms with Crippen LogP contribution in [0.15, 0.2) is 42.2 Å². The van der Waals surface area contributed by atoms with Crippen LogP contribution in [0.25, 0.3) is 6.08 Å². The van der Waals surface area contributed by atoms with Crippen LogP contribution >= 0.6 is 11.6 Å². The zero-order chi connectivity index (χ0) is 15.7. The number of hydrogen-bond acceptors (Lipinski definition) is 4. The Morgan fingerprint density at radius 1 is 1.14 bits per heavy atom. The summed E-state index contributed by atoms with van der Waals surface area (Å²) in [5.74, 6) is 1.65. The van der Waals surface area contributed by atoms with Gasteiger partial charge in [0.15, 0.2) is 17.3 Å². The van der Waals surface area contributed by atoms with Crippen LogP contribution in [0.2, 0.25) is 5.02 Å². The number of carbonyl (C=O) groups is 1. The summed E-state index contributed by atoms with van der Waals surface area (Å²) in [7, 11) is 3.11. The molecular weight excluding hydrogens is 304 g/mol. The minimum atomic E-state index is -0.206. The number of methoxy groups -OCH3 is 2. The van der Waals surface area contributed by atoms with Crippen molar-refractivity contribution in [3.63, 3.8) is 0 Å². The molecule has 0 unspecified atom stereocenters. The number of para-hydroxylation sites is 1. The van der Waals surface area contributed by atoms with Gasteiger partial charge in [0.2, 0.25) is 5.78 Å². The first-order valence-electron chi connectivity index (χ1n) is 6.59. The highest BCUT2D eigenvalue weighted by atomic mass is 35.5. The van der Waals surface area contributed by atoms with Crippen molar-refractivity contribution in [2.75, 3.05) is 14.2 Å². The highest BCUT2D eigenvalue weighted by Crippen LogP contribution is 2.36. The van der Waals surface area contributed by atoms with Gasteiger partial charge in [0.05, 0.1) is 19.8 Å². The van der Waals surface area contributed by atoms with Crippen molar-refractivity contribution < 1.29 is 19.0 Å². The normalized spacial score (nSPS) is 14.7. The standard InChI is InChI=1S/C17H13ClO4/c1-20-14-5-3-4-10(17(14)21-2)8-15-16(19)12-9-11(18)6-7-13(12)22-15/h3-9H,1-2H3/b15-8-. The summed E-state index contributed by atoms with van der Waals surface area (Å²) < 4.78 is 16.2. The molecule has 4 nitrogen and oxygen atoms in total. The maximum absolute atomic E-state index is 12.4. The van der Waals surface area contributed by atoms with E-state index in [0.29, 0.717) is 33.4 Å². The predicted octanol–water partition coefficient (Wildman–Crippen LogP) is 3.97. The molecule has 1 aliphatic heterocycles. The lowest BCUT2D eigenvalue weighted by Crippen LogP contribution is -1.99. The van der Waals surface area contributed by atoms with E-state index in [-0.39, 0.29) is 11.5 Å². The van der Waals surface area contributed by atoms with Gasteiger partial charge in [-0.25, -0.2) is 0 Å². The number of ether oxygens (including phenoxy) is 3. The minimum absolute atomic E-state index is 0.206. The Morgan fingerprint density at radius 3 is 2.68 bits per heavy atom. The smallest absolute Gasteiger partial charge is 0.232 e. The Bertz CT molecular complexity index is 780. The number of Topliss-reactive ketones (excluding diaryl/α,β-unsaturated/α-hetero) is 1. The van der Waals surface area contributed by atoms with Gasteiger partial charge in [-0.05, 0) is 30.3 Å². The van der Waals surface area contributed by atoms with E-state index in [0.717, 1.165) is 0 Å². The van der Waals surface area contributed by atoms with Crippen LogP contribution in [-0.4, -0.2) is 20.0 Å². The molecule has 2 aromatic rings. The number of benzene rings is 2. The van der Waals surface area contributed by atoms with E-state index in [1.54, 1.807) is 44.6 Å². The van der Waals surface area contributed by atoms with E-state index in [2.05, 4.69) is 0 Å². The lowest BCUT2D eigenvalue weighted by atomic mass is 10.1. The van der Waals surface area contributed by atoms with Gasteiger partial charge in [-0.1, -0.05) is 23.7 Å². The average Bonchev–Trinajstić information content (AvgIpc) is 2.83. The van der Waals surface area contributed by atoms with Gasteiger partial charge in [-0.2, -0.15) is 0 Å². The monoisotopic (exact) mass is 316 g/mol. The van der Waals surface area contributed by atoms with Crippen LogP contribution in [0.1, 0.15) is 15.9 Å². The third-order valence-electron chi connectivity index (χ3n) is 3.35. The van der Waals surface area contributed by atoms with E-state index in [9.17, 15) is 4.79 Å². The summed E-state index contributed by atoms with van der Waals surface area (Å²) in [5.41, 5.74) is 1.16. The summed E-state index contributed by atoms with van der Waals surface area (Å²) in [5, 5.41) is 0.496. The molecular formula is C17H13ClO4. The fraction of sp³-hybridized carbons (Fsp3) is 0.118. The number of hydrogen-bond donors (Lipinski definition) is 0. The summed E-state index contributed by atoms with van der Waals surface area (Å²) in [6, 6.07) is 10.4. The van der Waals surface area contributed by atoms with Gasteiger partial charge in [-0.15, -0.1) is 0 Å². The Morgan fingerprint density at radius 2 is 1.95 bits per heavy atom. The van der Waals surface area contributed by atoms with Crippen LogP contribution in [-0.2, 0) is 0 Å². The van der Waals surface area contributed by atoms with Gasteiger partial charge in [0, 0.05) is 10.6 Å². The Balaban J connectivity index is 2.03. The number of allylic oxidation sites excluding steroid dienone is 1. The van der Waals surface area contributed by atoms with E-state index in [4.69, 9.17) is 25.8 Å². The highest BCUT2D eigenvalue weighted by Gasteiger charge is 2.28. The Labute approximate surface area is 132 Å². The molecule has 3 rings (SSSR count). The molecule has 0 N–H and O–H groups in total. The van der Waals surface area contributed by atoms with Gasteiger partial charge >= 0.3 is 0 Å². The second kappa shape index (κ2) is 5.73. The van der Waals surface area contributed by atoms with Crippen molar-refractivity contribution in [3.8, 4) is 17.2 Å². The number of ketones is 1. The second-order valence-corrected chi connectivity index (χ2v) is 5.10. The third kappa shape index (κ3) is 2.42. The number of rotatable bonds is 3. The van der Waals surface area contributed by atoms with Crippen LogP contribution in [0.5, 0.6) is 17.2 Å². The first-order valence-corrected chi connectivity index (χ1v) is 6.96. The van der Waals surface area contributed by atoms with Gasteiger partial charge in [0.1, 0.15) is 5.75 Å². The molecule has 0 fully saturated rings. The third-order valence-corrected chi connectivity index (χ3v) is 3.59. The molecule has 0 bridgehead atoms. The number of fused-ring (bicyclic) bond motifs is 1.